The van der Waals surface area contributed by atoms with Gasteiger partial charge < -0.3 is 9.69 Å². The Morgan fingerprint density at radius 2 is 1.76 bits per heavy atom. The van der Waals surface area contributed by atoms with E-state index in [1.807, 2.05) is 0 Å². The summed E-state index contributed by atoms with van der Waals surface area (Å²) in [7, 11) is 1.67. The van der Waals surface area contributed by atoms with E-state index in [-0.39, 0.29) is 30.3 Å². The molecule has 3 nitrogen and oxygen atoms in total. The van der Waals surface area contributed by atoms with Crippen LogP contribution in [0.5, 0.6) is 0 Å². The lowest BCUT2D eigenvalue weighted by atomic mass is 10.2. The molecule has 0 saturated heterocycles. The van der Waals surface area contributed by atoms with Gasteiger partial charge in [-0.25, -0.2) is 4.39 Å². The minimum absolute atomic E-state index is 0.00790. The molecule has 0 aromatic heterocycles. The zero-order chi connectivity index (χ0) is 12.8. The van der Waals surface area contributed by atoms with Crippen LogP contribution in [0.15, 0.2) is 24.3 Å². The molecule has 0 N–H and O–H groups in total. The Morgan fingerprint density at radius 3 is 2.29 bits per heavy atom. The second kappa shape index (κ2) is 6.13. The van der Waals surface area contributed by atoms with Gasteiger partial charge >= 0.3 is 0 Å². The highest BCUT2D eigenvalue weighted by atomic mass is 19.1. The fraction of sp³-hybridized carbons (Fsp3) is 0.385. The Hall–Kier alpha value is -1.71. The second-order valence-electron chi connectivity index (χ2n) is 4.08. The number of amides is 1. The maximum absolute atomic E-state index is 12.7. The van der Waals surface area contributed by atoms with Gasteiger partial charge in [-0.2, -0.15) is 0 Å². The van der Waals surface area contributed by atoms with Gasteiger partial charge in [0.2, 0.25) is 5.91 Å². The SMILES string of the molecule is CC(=O)CCC(=O)N(C)Cc1ccc(F)cc1. The average Bonchev–Trinajstić information content (AvgIpc) is 2.28. The summed E-state index contributed by atoms with van der Waals surface area (Å²) in [5.41, 5.74) is 0.866. The van der Waals surface area contributed by atoms with Gasteiger partial charge in [-0.3, -0.25) is 4.79 Å². The Morgan fingerprint density at radius 1 is 1.18 bits per heavy atom. The number of hydrogen-bond donors (Lipinski definition) is 0. The number of Topliss-reactive ketones (excluding diaryl/α,β-unsaturated/α-hetero) is 1. The summed E-state index contributed by atoms with van der Waals surface area (Å²) in [6, 6.07) is 6.01. The zero-order valence-electron chi connectivity index (χ0n) is 10.1. The van der Waals surface area contributed by atoms with Crippen LogP contribution in [0, 0.1) is 5.82 Å². The third-order valence-corrected chi connectivity index (χ3v) is 2.45. The molecule has 0 radical (unpaired) electrons. The normalized spacial score (nSPS) is 10.1. The van der Waals surface area contributed by atoms with Gasteiger partial charge in [-0.15, -0.1) is 0 Å². The molecule has 1 aromatic rings. The number of carbonyl (C=O) groups excluding carboxylic acids is 2. The fourth-order valence-corrected chi connectivity index (χ4v) is 1.43. The lowest BCUT2D eigenvalue weighted by molar-refractivity contribution is -0.132. The second-order valence-corrected chi connectivity index (χ2v) is 4.08. The van der Waals surface area contributed by atoms with E-state index >= 15 is 0 Å². The van der Waals surface area contributed by atoms with Crippen molar-refractivity contribution in [3.63, 3.8) is 0 Å². The number of ketones is 1. The van der Waals surface area contributed by atoms with E-state index in [4.69, 9.17) is 0 Å². The van der Waals surface area contributed by atoms with E-state index in [0.29, 0.717) is 6.54 Å². The molecule has 0 atom stereocenters. The molecule has 0 bridgehead atoms. The molecule has 0 aliphatic carbocycles. The largest absolute Gasteiger partial charge is 0.341 e. The highest BCUT2D eigenvalue weighted by Gasteiger charge is 2.10. The summed E-state index contributed by atoms with van der Waals surface area (Å²) >= 11 is 0. The molecule has 0 saturated carbocycles. The topological polar surface area (TPSA) is 37.4 Å². The summed E-state index contributed by atoms with van der Waals surface area (Å²) in [5.74, 6) is -0.364. The van der Waals surface area contributed by atoms with Crippen molar-refractivity contribution in [2.45, 2.75) is 26.3 Å². The highest BCUT2D eigenvalue weighted by molar-refractivity contribution is 5.83. The van der Waals surface area contributed by atoms with Gasteiger partial charge in [0.25, 0.3) is 0 Å². The molecular weight excluding hydrogens is 221 g/mol. The number of carbonyl (C=O) groups is 2. The molecule has 92 valence electrons. The summed E-state index contributed by atoms with van der Waals surface area (Å²) < 4.78 is 12.7. The van der Waals surface area contributed by atoms with Crippen molar-refractivity contribution in [2.75, 3.05) is 7.05 Å². The van der Waals surface area contributed by atoms with Gasteiger partial charge in [0.15, 0.2) is 0 Å². The number of halogens is 1. The van der Waals surface area contributed by atoms with Crippen LogP contribution in [-0.4, -0.2) is 23.6 Å². The monoisotopic (exact) mass is 237 g/mol. The van der Waals surface area contributed by atoms with Crippen LogP contribution in [0.4, 0.5) is 4.39 Å². The molecule has 1 amide bonds. The molecule has 0 unspecified atom stereocenters. The first kappa shape index (κ1) is 13.4. The molecular formula is C13H16FNO2. The minimum Gasteiger partial charge on any atom is -0.341 e. The van der Waals surface area contributed by atoms with Gasteiger partial charge in [0.05, 0.1) is 0 Å². The van der Waals surface area contributed by atoms with Crippen molar-refractivity contribution in [3.05, 3.63) is 35.6 Å². The third-order valence-electron chi connectivity index (χ3n) is 2.45. The molecule has 1 rings (SSSR count). The number of nitrogens with zero attached hydrogens (tertiary/aromatic N) is 1. The Bertz CT molecular complexity index is 400. The molecule has 0 fully saturated rings. The van der Waals surface area contributed by atoms with Crippen LogP contribution in [0.25, 0.3) is 0 Å². The maximum atomic E-state index is 12.7. The van der Waals surface area contributed by atoms with E-state index in [9.17, 15) is 14.0 Å². The van der Waals surface area contributed by atoms with Crippen LogP contribution < -0.4 is 0 Å². The van der Waals surface area contributed by atoms with Crippen molar-refractivity contribution in [3.8, 4) is 0 Å². The van der Waals surface area contributed by atoms with Gasteiger partial charge in [0.1, 0.15) is 11.6 Å². The van der Waals surface area contributed by atoms with Crippen LogP contribution in [0.2, 0.25) is 0 Å². The predicted octanol–water partition coefficient (Wildman–Crippen LogP) is 2.15. The van der Waals surface area contributed by atoms with E-state index in [0.717, 1.165) is 5.56 Å². The Kier molecular flexibility index (Phi) is 4.82. The van der Waals surface area contributed by atoms with Crippen LogP contribution in [0.3, 0.4) is 0 Å². The van der Waals surface area contributed by atoms with Crippen LogP contribution >= 0.6 is 0 Å². The standard InChI is InChI=1S/C13H16FNO2/c1-10(16)3-8-13(17)15(2)9-11-4-6-12(14)7-5-11/h4-7H,3,8-9H2,1-2H3. The van der Waals surface area contributed by atoms with E-state index in [1.54, 1.807) is 19.2 Å². The lowest BCUT2D eigenvalue weighted by Gasteiger charge is -2.16. The van der Waals surface area contributed by atoms with Crippen LogP contribution in [0.1, 0.15) is 25.3 Å². The lowest BCUT2D eigenvalue weighted by Crippen LogP contribution is -2.26. The van der Waals surface area contributed by atoms with Crippen molar-refractivity contribution >= 4 is 11.7 Å². The number of benzene rings is 1. The first-order chi connectivity index (χ1) is 7.99. The first-order valence-electron chi connectivity index (χ1n) is 5.47. The number of hydrogen-bond acceptors (Lipinski definition) is 2. The third kappa shape index (κ3) is 4.76. The average molecular weight is 237 g/mol. The molecule has 4 heteroatoms. The van der Waals surface area contributed by atoms with Crippen LogP contribution in [-0.2, 0) is 16.1 Å². The Balaban J connectivity index is 2.48. The van der Waals surface area contributed by atoms with Crippen molar-refractivity contribution in [1.82, 2.24) is 4.90 Å². The quantitative estimate of drug-likeness (QED) is 0.787. The van der Waals surface area contributed by atoms with E-state index < -0.39 is 0 Å². The smallest absolute Gasteiger partial charge is 0.223 e. The molecule has 17 heavy (non-hydrogen) atoms. The molecule has 0 aliphatic heterocycles. The van der Waals surface area contributed by atoms with Gasteiger partial charge in [-0.1, -0.05) is 12.1 Å². The van der Waals surface area contributed by atoms with Crippen molar-refractivity contribution in [2.24, 2.45) is 0 Å². The van der Waals surface area contributed by atoms with E-state index in [2.05, 4.69) is 0 Å². The van der Waals surface area contributed by atoms with E-state index in [1.165, 1.54) is 24.0 Å². The van der Waals surface area contributed by atoms with Crippen molar-refractivity contribution in [1.29, 1.82) is 0 Å². The van der Waals surface area contributed by atoms with Gasteiger partial charge in [-0.05, 0) is 24.6 Å². The number of rotatable bonds is 5. The molecule has 0 heterocycles. The molecule has 0 spiro atoms. The fourth-order valence-electron chi connectivity index (χ4n) is 1.43. The summed E-state index contributed by atoms with van der Waals surface area (Å²) in [6.07, 6.45) is 0.500. The molecule has 0 aliphatic rings. The minimum atomic E-state index is -0.292. The highest BCUT2D eigenvalue weighted by Crippen LogP contribution is 2.07. The summed E-state index contributed by atoms with van der Waals surface area (Å²) in [4.78, 5) is 23.9. The molecule has 1 aromatic carbocycles. The van der Waals surface area contributed by atoms with Gasteiger partial charge in [0, 0.05) is 26.4 Å². The summed E-state index contributed by atoms with van der Waals surface area (Å²) in [6.45, 7) is 1.89. The maximum Gasteiger partial charge on any atom is 0.223 e. The zero-order valence-corrected chi connectivity index (χ0v) is 10.1. The predicted molar refractivity (Wildman–Crippen MR) is 62.8 cm³/mol. The summed E-state index contributed by atoms with van der Waals surface area (Å²) in [5, 5.41) is 0. The first-order valence-corrected chi connectivity index (χ1v) is 5.47. The van der Waals surface area contributed by atoms with Crippen molar-refractivity contribution < 1.29 is 14.0 Å². The Labute approximate surface area is 100 Å².